The molecule has 0 unspecified atom stereocenters. The summed E-state index contributed by atoms with van der Waals surface area (Å²) in [5.74, 6) is -1.04. The van der Waals surface area contributed by atoms with Crippen LogP contribution in [0.25, 0.3) is 0 Å². The lowest BCUT2D eigenvalue weighted by Gasteiger charge is -2.32. The van der Waals surface area contributed by atoms with Gasteiger partial charge in [-0.3, -0.25) is 0 Å². The van der Waals surface area contributed by atoms with Crippen molar-refractivity contribution in [3.05, 3.63) is 22.8 Å². The van der Waals surface area contributed by atoms with Crippen LogP contribution < -0.4 is 4.74 Å². The molecule has 0 spiro atoms. The van der Waals surface area contributed by atoms with Crippen LogP contribution in [0, 0.1) is 0 Å². The third-order valence-corrected chi connectivity index (χ3v) is 3.04. The highest BCUT2D eigenvalue weighted by Crippen LogP contribution is 2.21. The Kier molecular flexibility index (Phi) is 4.53. The van der Waals surface area contributed by atoms with E-state index in [1.165, 1.54) is 12.1 Å². The van der Waals surface area contributed by atoms with E-state index in [4.69, 9.17) is 21.4 Å². The monoisotopic (exact) mass is 272 g/mol. The van der Waals surface area contributed by atoms with E-state index in [2.05, 4.69) is 4.98 Å². The number of carboxylic acid groups (broad SMARTS) is 1. The molecule has 1 heterocycles. The molecule has 1 aromatic rings. The summed E-state index contributed by atoms with van der Waals surface area (Å²) in [7, 11) is 3.85. The number of aromatic carboxylic acids is 1. The Labute approximate surface area is 111 Å². The van der Waals surface area contributed by atoms with E-state index in [9.17, 15) is 4.79 Å². The molecule has 0 aromatic carbocycles. The molecule has 0 saturated heterocycles. The molecule has 1 N–H and O–H groups in total. The first kappa shape index (κ1) is 14.7. The number of likely N-dealkylation sites (N-methyl/N-ethyl adjacent to an activating group) is 1. The molecule has 0 aliphatic heterocycles. The maximum atomic E-state index is 11.0. The standard InChI is InChI=1S/C12H17ClN2O3/c1-12(2,15(3)4)7-18-10-8(11(16)17)5-6-9(13)14-10/h5-6H,7H2,1-4H3,(H,16,17). The first-order valence-corrected chi connectivity index (χ1v) is 5.82. The van der Waals surface area contributed by atoms with Gasteiger partial charge in [0.05, 0.1) is 0 Å². The number of carbonyl (C=O) groups is 1. The third kappa shape index (κ3) is 3.58. The average Bonchev–Trinajstić information content (AvgIpc) is 2.26. The summed E-state index contributed by atoms with van der Waals surface area (Å²) in [6.07, 6.45) is 0. The molecule has 1 aromatic heterocycles. The highest BCUT2D eigenvalue weighted by atomic mass is 35.5. The van der Waals surface area contributed by atoms with Crippen LogP contribution in [0.4, 0.5) is 0 Å². The Hall–Kier alpha value is -1.33. The van der Waals surface area contributed by atoms with Crippen LogP contribution in [0.5, 0.6) is 5.88 Å². The number of pyridine rings is 1. The lowest BCUT2D eigenvalue weighted by molar-refractivity contribution is 0.0681. The van der Waals surface area contributed by atoms with Gasteiger partial charge in [0.15, 0.2) is 0 Å². The van der Waals surface area contributed by atoms with E-state index in [-0.39, 0.29) is 22.1 Å². The Balaban J connectivity index is 2.90. The van der Waals surface area contributed by atoms with Crippen LogP contribution in [0.2, 0.25) is 5.15 Å². The van der Waals surface area contributed by atoms with E-state index >= 15 is 0 Å². The van der Waals surface area contributed by atoms with E-state index in [1.807, 2.05) is 32.8 Å². The van der Waals surface area contributed by atoms with Crippen molar-refractivity contribution >= 4 is 17.6 Å². The van der Waals surface area contributed by atoms with E-state index in [1.54, 1.807) is 0 Å². The number of aromatic nitrogens is 1. The van der Waals surface area contributed by atoms with Gasteiger partial charge in [-0.05, 0) is 40.1 Å². The number of rotatable bonds is 5. The van der Waals surface area contributed by atoms with Crippen LogP contribution in [0.15, 0.2) is 12.1 Å². The SMILES string of the molecule is CN(C)C(C)(C)COc1nc(Cl)ccc1C(=O)O. The molecular weight excluding hydrogens is 256 g/mol. The summed E-state index contributed by atoms with van der Waals surface area (Å²) in [6.45, 7) is 4.28. The van der Waals surface area contributed by atoms with Crippen LogP contribution in [0.1, 0.15) is 24.2 Å². The lowest BCUT2D eigenvalue weighted by Crippen LogP contribution is -2.43. The second kappa shape index (κ2) is 5.54. The fourth-order valence-electron chi connectivity index (χ4n) is 1.06. The van der Waals surface area contributed by atoms with Crippen molar-refractivity contribution in [2.24, 2.45) is 0 Å². The molecule has 0 aliphatic carbocycles. The van der Waals surface area contributed by atoms with Crippen molar-refractivity contribution in [1.29, 1.82) is 0 Å². The van der Waals surface area contributed by atoms with Gasteiger partial charge in [-0.25, -0.2) is 9.78 Å². The number of carboxylic acids is 1. The molecule has 18 heavy (non-hydrogen) atoms. The molecule has 0 atom stereocenters. The molecule has 5 nitrogen and oxygen atoms in total. The van der Waals surface area contributed by atoms with Gasteiger partial charge >= 0.3 is 5.97 Å². The van der Waals surface area contributed by atoms with Gasteiger partial charge in [-0.2, -0.15) is 0 Å². The normalized spacial score (nSPS) is 11.7. The number of hydrogen-bond donors (Lipinski definition) is 1. The number of ether oxygens (including phenoxy) is 1. The van der Waals surface area contributed by atoms with Crippen LogP contribution in [-0.2, 0) is 0 Å². The number of halogens is 1. The van der Waals surface area contributed by atoms with Gasteiger partial charge in [-0.15, -0.1) is 0 Å². The predicted octanol–water partition coefficient (Wildman–Crippen LogP) is 2.15. The molecule has 0 aliphatic rings. The molecule has 100 valence electrons. The third-order valence-electron chi connectivity index (χ3n) is 2.83. The Morgan fingerprint density at radius 1 is 1.50 bits per heavy atom. The van der Waals surface area contributed by atoms with Crippen molar-refractivity contribution in [2.75, 3.05) is 20.7 Å². The maximum Gasteiger partial charge on any atom is 0.341 e. The Morgan fingerprint density at radius 2 is 2.11 bits per heavy atom. The molecule has 0 fully saturated rings. The summed E-state index contributed by atoms with van der Waals surface area (Å²) in [6, 6.07) is 2.81. The van der Waals surface area contributed by atoms with Crippen molar-refractivity contribution in [3.8, 4) is 5.88 Å². The first-order valence-electron chi connectivity index (χ1n) is 5.44. The van der Waals surface area contributed by atoms with Gasteiger partial charge < -0.3 is 14.7 Å². The summed E-state index contributed by atoms with van der Waals surface area (Å²) >= 11 is 5.74. The quantitative estimate of drug-likeness (QED) is 0.832. The van der Waals surface area contributed by atoms with Crippen LogP contribution >= 0.6 is 11.6 Å². The van der Waals surface area contributed by atoms with Crippen molar-refractivity contribution in [1.82, 2.24) is 9.88 Å². The molecule has 0 saturated carbocycles. The van der Waals surface area contributed by atoms with Gasteiger partial charge in [-0.1, -0.05) is 11.6 Å². The van der Waals surface area contributed by atoms with Crippen molar-refractivity contribution < 1.29 is 14.6 Å². The lowest BCUT2D eigenvalue weighted by atomic mass is 10.1. The van der Waals surface area contributed by atoms with Crippen LogP contribution in [-0.4, -0.2) is 47.2 Å². The smallest absolute Gasteiger partial charge is 0.341 e. The number of hydrogen-bond acceptors (Lipinski definition) is 4. The summed E-state index contributed by atoms with van der Waals surface area (Å²) in [5, 5.41) is 9.23. The highest BCUT2D eigenvalue weighted by molar-refractivity contribution is 6.29. The second-order valence-electron chi connectivity index (χ2n) is 4.79. The number of nitrogens with zero attached hydrogens (tertiary/aromatic N) is 2. The molecule has 0 bridgehead atoms. The zero-order valence-electron chi connectivity index (χ0n) is 10.9. The van der Waals surface area contributed by atoms with E-state index < -0.39 is 5.97 Å². The summed E-state index contributed by atoms with van der Waals surface area (Å²) < 4.78 is 5.49. The average molecular weight is 273 g/mol. The van der Waals surface area contributed by atoms with Crippen LogP contribution in [0.3, 0.4) is 0 Å². The van der Waals surface area contributed by atoms with Crippen molar-refractivity contribution in [2.45, 2.75) is 19.4 Å². The molecule has 1 rings (SSSR count). The van der Waals surface area contributed by atoms with Crippen molar-refractivity contribution in [3.63, 3.8) is 0 Å². The van der Waals surface area contributed by atoms with Gasteiger partial charge in [0.1, 0.15) is 17.3 Å². The zero-order valence-corrected chi connectivity index (χ0v) is 11.7. The highest BCUT2D eigenvalue weighted by Gasteiger charge is 2.23. The zero-order chi connectivity index (χ0) is 13.9. The first-order chi connectivity index (χ1) is 8.24. The van der Waals surface area contributed by atoms with Gasteiger partial charge in [0.25, 0.3) is 0 Å². The summed E-state index contributed by atoms with van der Waals surface area (Å²) in [4.78, 5) is 16.9. The van der Waals surface area contributed by atoms with E-state index in [0.29, 0.717) is 6.61 Å². The predicted molar refractivity (Wildman–Crippen MR) is 69.5 cm³/mol. The Morgan fingerprint density at radius 3 is 2.61 bits per heavy atom. The molecule has 0 radical (unpaired) electrons. The minimum absolute atomic E-state index is 0.00829. The minimum Gasteiger partial charge on any atom is -0.477 e. The van der Waals surface area contributed by atoms with E-state index in [0.717, 1.165) is 0 Å². The van der Waals surface area contributed by atoms with Gasteiger partial charge in [0.2, 0.25) is 5.88 Å². The Bertz CT molecular complexity index is 447. The topological polar surface area (TPSA) is 62.7 Å². The fraction of sp³-hybridized carbons (Fsp3) is 0.500. The molecule has 0 amide bonds. The maximum absolute atomic E-state index is 11.0. The minimum atomic E-state index is -1.09. The molecule has 6 heteroatoms. The fourth-order valence-corrected chi connectivity index (χ4v) is 1.20. The largest absolute Gasteiger partial charge is 0.477 e. The molecular formula is C12H17ClN2O3. The summed E-state index contributed by atoms with van der Waals surface area (Å²) in [5.41, 5.74) is -0.228. The second-order valence-corrected chi connectivity index (χ2v) is 5.17. The van der Waals surface area contributed by atoms with Gasteiger partial charge in [0, 0.05) is 5.54 Å².